The van der Waals surface area contributed by atoms with Crippen molar-refractivity contribution in [2.24, 2.45) is 0 Å². The number of aliphatic carboxylic acids is 2. The fourth-order valence-corrected chi connectivity index (χ4v) is 2.32. The van der Waals surface area contributed by atoms with Crippen LogP contribution in [0, 0.1) is 0 Å². The molecule has 0 aliphatic carbocycles. The highest BCUT2D eigenvalue weighted by atomic mass is 16.5. The number of carbonyl (C=O) groups is 2. The summed E-state index contributed by atoms with van der Waals surface area (Å²) < 4.78 is 5.90. The van der Waals surface area contributed by atoms with Crippen LogP contribution < -0.4 is 10.1 Å². The monoisotopic (exact) mass is 339 g/mol. The number of aromatic hydroxyl groups is 1. The van der Waals surface area contributed by atoms with E-state index >= 15 is 0 Å². The summed E-state index contributed by atoms with van der Waals surface area (Å²) in [5.41, 5.74) is 1.20. The summed E-state index contributed by atoms with van der Waals surface area (Å²) in [6, 6.07) is 5.40. The van der Waals surface area contributed by atoms with Crippen molar-refractivity contribution in [2.75, 3.05) is 13.1 Å². The summed E-state index contributed by atoms with van der Waals surface area (Å²) in [4.78, 5) is 18.2. The van der Waals surface area contributed by atoms with Crippen LogP contribution in [0.4, 0.5) is 0 Å². The molecule has 4 N–H and O–H groups in total. The minimum Gasteiger partial charge on any atom is -0.508 e. The van der Waals surface area contributed by atoms with Crippen molar-refractivity contribution in [3.63, 3.8) is 0 Å². The van der Waals surface area contributed by atoms with Gasteiger partial charge in [0.05, 0.1) is 0 Å². The quantitative estimate of drug-likeness (QED) is 0.463. The smallest absolute Gasteiger partial charge is 0.414 e. The number of hydrogen-bond donors (Lipinski definition) is 4. The molecule has 0 fully saturated rings. The van der Waals surface area contributed by atoms with Gasteiger partial charge in [-0.2, -0.15) is 0 Å². The highest BCUT2D eigenvalue weighted by Gasteiger charge is 2.19. The first-order valence-electron chi connectivity index (χ1n) is 8.09. The van der Waals surface area contributed by atoms with Gasteiger partial charge in [-0.1, -0.05) is 25.8 Å². The molecule has 0 saturated heterocycles. The Labute approximate surface area is 141 Å². The van der Waals surface area contributed by atoms with Crippen LogP contribution in [-0.2, 0) is 16.0 Å². The van der Waals surface area contributed by atoms with Crippen LogP contribution in [0.25, 0.3) is 0 Å². The molecule has 0 spiro atoms. The molecule has 1 aromatic carbocycles. The number of benzene rings is 1. The molecule has 1 aromatic rings. The number of nitrogens with one attached hydrogen (secondary N) is 1. The second-order valence-electron chi connectivity index (χ2n) is 5.59. The van der Waals surface area contributed by atoms with Crippen LogP contribution in [-0.4, -0.2) is 46.5 Å². The first kappa shape index (κ1) is 19.8. The minimum atomic E-state index is -1.82. The molecule has 0 aromatic heterocycles. The third-order valence-electron chi connectivity index (χ3n) is 3.59. The number of fused-ring (bicyclic) bond motifs is 1. The normalized spacial score (nSPS) is 15.5. The lowest BCUT2D eigenvalue weighted by atomic mass is 10.0. The topological polar surface area (TPSA) is 116 Å². The number of ether oxygens (including phenoxy) is 1. The summed E-state index contributed by atoms with van der Waals surface area (Å²) >= 11 is 0. The predicted molar refractivity (Wildman–Crippen MR) is 88.5 cm³/mol. The number of unbranched alkanes of at least 4 members (excludes halogenated alkanes) is 2. The molecule has 1 unspecified atom stereocenters. The average molecular weight is 339 g/mol. The highest BCUT2D eigenvalue weighted by molar-refractivity contribution is 6.27. The predicted octanol–water partition coefficient (Wildman–Crippen LogP) is 2.02. The van der Waals surface area contributed by atoms with Crippen LogP contribution in [0.1, 0.15) is 38.2 Å². The number of aryl methyl sites for hydroxylation is 1. The first-order chi connectivity index (χ1) is 11.4. The van der Waals surface area contributed by atoms with Gasteiger partial charge in [0.2, 0.25) is 0 Å². The maximum Gasteiger partial charge on any atom is 0.414 e. The van der Waals surface area contributed by atoms with Crippen molar-refractivity contribution in [2.45, 2.75) is 45.1 Å². The van der Waals surface area contributed by atoms with Crippen molar-refractivity contribution in [1.29, 1.82) is 0 Å². The molecule has 2 rings (SSSR count). The van der Waals surface area contributed by atoms with Gasteiger partial charge in [-0.05, 0) is 37.4 Å². The Hall–Kier alpha value is -2.28. The van der Waals surface area contributed by atoms with E-state index < -0.39 is 11.9 Å². The molecule has 1 aliphatic rings. The van der Waals surface area contributed by atoms with Crippen molar-refractivity contribution in [1.82, 2.24) is 5.32 Å². The molecular formula is C17H25NO6. The number of rotatable bonds is 6. The Morgan fingerprint density at radius 3 is 2.58 bits per heavy atom. The van der Waals surface area contributed by atoms with Gasteiger partial charge in [0.15, 0.2) is 0 Å². The Bertz CT molecular complexity index is 534. The van der Waals surface area contributed by atoms with E-state index in [1.54, 1.807) is 12.1 Å². The molecular weight excluding hydrogens is 314 g/mol. The summed E-state index contributed by atoms with van der Waals surface area (Å²) in [5, 5.41) is 27.7. The Kier molecular flexibility index (Phi) is 8.64. The second kappa shape index (κ2) is 10.5. The lowest BCUT2D eigenvalue weighted by molar-refractivity contribution is -0.159. The SMILES string of the molecule is CCCCCNCC1CCc2ccc(O)cc2O1.O=C(O)C(=O)O. The third kappa shape index (κ3) is 7.32. The van der Waals surface area contributed by atoms with Gasteiger partial charge in [0, 0.05) is 12.6 Å². The summed E-state index contributed by atoms with van der Waals surface area (Å²) in [6.45, 7) is 4.19. The van der Waals surface area contributed by atoms with E-state index in [1.165, 1.54) is 24.8 Å². The summed E-state index contributed by atoms with van der Waals surface area (Å²) in [5.74, 6) is -2.52. The van der Waals surface area contributed by atoms with Crippen LogP contribution in [0.5, 0.6) is 11.5 Å². The maximum atomic E-state index is 9.45. The standard InChI is InChI=1S/C15H23NO2.C2H2O4/c1-2-3-4-9-16-11-14-8-6-12-5-7-13(17)10-15(12)18-14;3-1(4)2(5)6/h5,7,10,14,16-17H,2-4,6,8-9,11H2,1H3;(H,3,4)(H,5,6). The zero-order chi connectivity index (χ0) is 17.9. The minimum absolute atomic E-state index is 0.237. The van der Waals surface area contributed by atoms with Gasteiger partial charge in [-0.3, -0.25) is 0 Å². The number of phenolic OH excluding ortho intramolecular Hbond substituents is 1. The first-order valence-corrected chi connectivity index (χ1v) is 8.09. The van der Waals surface area contributed by atoms with Crippen molar-refractivity contribution >= 4 is 11.9 Å². The Morgan fingerprint density at radius 2 is 1.96 bits per heavy atom. The lowest BCUT2D eigenvalue weighted by Crippen LogP contribution is -2.34. The number of carboxylic acid groups (broad SMARTS) is 2. The number of hydrogen-bond acceptors (Lipinski definition) is 5. The molecule has 7 nitrogen and oxygen atoms in total. The Balaban J connectivity index is 0.000000413. The average Bonchev–Trinajstić information content (AvgIpc) is 2.54. The van der Waals surface area contributed by atoms with Gasteiger partial charge in [0.1, 0.15) is 17.6 Å². The van der Waals surface area contributed by atoms with E-state index in [9.17, 15) is 5.11 Å². The molecule has 1 aliphatic heterocycles. The largest absolute Gasteiger partial charge is 0.508 e. The molecule has 0 saturated carbocycles. The van der Waals surface area contributed by atoms with Crippen LogP contribution in [0.3, 0.4) is 0 Å². The van der Waals surface area contributed by atoms with E-state index in [1.807, 2.05) is 6.07 Å². The fraction of sp³-hybridized carbons (Fsp3) is 0.529. The molecule has 0 radical (unpaired) electrons. The zero-order valence-electron chi connectivity index (χ0n) is 13.8. The van der Waals surface area contributed by atoms with E-state index in [4.69, 9.17) is 24.5 Å². The molecule has 7 heteroatoms. The van der Waals surface area contributed by atoms with Crippen molar-refractivity contribution in [3.8, 4) is 11.5 Å². The van der Waals surface area contributed by atoms with Crippen LogP contribution >= 0.6 is 0 Å². The van der Waals surface area contributed by atoms with Crippen molar-refractivity contribution < 1.29 is 29.6 Å². The van der Waals surface area contributed by atoms with E-state index in [2.05, 4.69) is 12.2 Å². The molecule has 24 heavy (non-hydrogen) atoms. The van der Waals surface area contributed by atoms with Crippen LogP contribution in [0.2, 0.25) is 0 Å². The van der Waals surface area contributed by atoms with Gasteiger partial charge in [-0.15, -0.1) is 0 Å². The lowest BCUT2D eigenvalue weighted by Gasteiger charge is -2.26. The number of carboxylic acids is 2. The van der Waals surface area contributed by atoms with E-state index in [0.717, 1.165) is 31.7 Å². The zero-order valence-corrected chi connectivity index (χ0v) is 13.8. The second-order valence-corrected chi connectivity index (χ2v) is 5.59. The van der Waals surface area contributed by atoms with Crippen LogP contribution in [0.15, 0.2) is 18.2 Å². The highest BCUT2D eigenvalue weighted by Crippen LogP contribution is 2.30. The van der Waals surface area contributed by atoms with E-state index in [0.29, 0.717) is 0 Å². The molecule has 0 bridgehead atoms. The maximum absolute atomic E-state index is 9.45. The van der Waals surface area contributed by atoms with Gasteiger partial charge in [0.25, 0.3) is 0 Å². The van der Waals surface area contributed by atoms with E-state index in [-0.39, 0.29) is 11.9 Å². The summed E-state index contributed by atoms with van der Waals surface area (Å²) in [7, 11) is 0. The Morgan fingerprint density at radius 1 is 1.25 bits per heavy atom. The van der Waals surface area contributed by atoms with Crippen molar-refractivity contribution in [3.05, 3.63) is 23.8 Å². The molecule has 1 heterocycles. The summed E-state index contributed by atoms with van der Waals surface area (Å²) in [6.07, 6.45) is 6.11. The number of phenols is 1. The molecule has 1 atom stereocenters. The third-order valence-corrected chi connectivity index (χ3v) is 3.59. The molecule has 134 valence electrons. The van der Waals surface area contributed by atoms with Gasteiger partial charge in [-0.25, -0.2) is 9.59 Å². The molecule has 0 amide bonds. The van der Waals surface area contributed by atoms with Gasteiger partial charge >= 0.3 is 11.9 Å². The van der Waals surface area contributed by atoms with Gasteiger partial charge < -0.3 is 25.4 Å². The fourth-order valence-electron chi connectivity index (χ4n) is 2.32.